The highest BCUT2D eigenvalue weighted by atomic mass is 32.2. The average Bonchev–Trinajstić information content (AvgIpc) is 2.75. The lowest BCUT2D eigenvalue weighted by Crippen LogP contribution is -2.51. The Kier molecular flexibility index (Phi) is 7.00. The summed E-state index contributed by atoms with van der Waals surface area (Å²) < 4.78 is 34.0. The van der Waals surface area contributed by atoms with Crippen LogP contribution in [0.25, 0.3) is 0 Å². The van der Waals surface area contributed by atoms with Crippen molar-refractivity contribution in [1.82, 2.24) is 15.2 Å². The van der Waals surface area contributed by atoms with E-state index in [9.17, 15) is 18.0 Å². The summed E-state index contributed by atoms with van der Waals surface area (Å²) in [6.07, 6.45) is 3.52. The first-order valence-corrected chi connectivity index (χ1v) is 10.8. The molecule has 2 amide bonds. The van der Waals surface area contributed by atoms with Crippen LogP contribution in [0.5, 0.6) is 0 Å². The van der Waals surface area contributed by atoms with Crippen LogP contribution in [0.1, 0.15) is 44.0 Å². The third-order valence-electron chi connectivity index (χ3n) is 3.99. The van der Waals surface area contributed by atoms with Crippen molar-refractivity contribution in [3.05, 3.63) is 30.1 Å². The van der Waals surface area contributed by atoms with E-state index in [0.717, 1.165) is 6.26 Å². The minimum absolute atomic E-state index is 0.0753. The molecule has 2 heterocycles. The number of hydrogen-bond acceptors (Lipinski definition) is 7. The predicted octanol–water partition coefficient (Wildman–Crippen LogP) is 1.56. The quantitative estimate of drug-likeness (QED) is 0.745. The number of hydrogen-bond donors (Lipinski definition) is 1. The van der Waals surface area contributed by atoms with E-state index in [4.69, 9.17) is 8.92 Å². The molecule has 0 radical (unpaired) electrons. The standard InChI is InChI=1S/C18H27N3O6S/c1-18(2,3)26-17(23)21-11-5-6-15(27-28(4,24)25)14(12-21)20-16(22)13-7-9-19-10-8-13/h7-10,14-15H,5-6,11-12H2,1-4H3,(H,20,22). The van der Waals surface area contributed by atoms with Gasteiger partial charge in [-0.05, 0) is 45.7 Å². The molecule has 0 bridgehead atoms. The highest BCUT2D eigenvalue weighted by Crippen LogP contribution is 2.20. The number of nitrogens with one attached hydrogen (secondary N) is 1. The summed E-state index contributed by atoms with van der Waals surface area (Å²) in [5.41, 5.74) is -0.289. The van der Waals surface area contributed by atoms with E-state index in [0.29, 0.717) is 24.9 Å². The molecule has 1 aliphatic heterocycles. The lowest BCUT2D eigenvalue weighted by Gasteiger charge is -2.30. The van der Waals surface area contributed by atoms with Gasteiger partial charge in [0.05, 0.1) is 18.4 Å². The third-order valence-corrected chi connectivity index (χ3v) is 4.59. The fraction of sp³-hybridized carbons (Fsp3) is 0.611. The second-order valence-corrected chi connectivity index (χ2v) is 9.32. The summed E-state index contributed by atoms with van der Waals surface area (Å²) in [6, 6.07) is 2.37. The fourth-order valence-electron chi connectivity index (χ4n) is 2.86. The molecule has 0 aliphatic carbocycles. The van der Waals surface area contributed by atoms with Gasteiger partial charge in [-0.1, -0.05) is 0 Å². The molecule has 28 heavy (non-hydrogen) atoms. The van der Waals surface area contributed by atoms with Gasteiger partial charge in [0.2, 0.25) is 0 Å². The van der Waals surface area contributed by atoms with Gasteiger partial charge in [-0.2, -0.15) is 8.42 Å². The smallest absolute Gasteiger partial charge is 0.410 e. The molecule has 1 fully saturated rings. The zero-order valence-electron chi connectivity index (χ0n) is 16.5. The van der Waals surface area contributed by atoms with Crippen molar-refractivity contribution < 1.29 is 26.9 Å². The van der Waals surface area contributed by atoms with Gasteiger partial charge in [0.25, 0.3) is 16.0 Å². The molecule has 0 spiro atoms. The Hall–Kier alpha value is -2.20. The van der Waals surface area contributed by atoms with E-state index >= 15 is 0 Å². The monoisotopic (exact) mass is 413 g/mol. The fourth-order valence-corrected chi connectivity index (χ4v) is 3.54. The topological polar surface area (TPSA) is 115 Å². The molecule has 10 heteroatoms. The predicted molar refractivity (Wildman–Crippen MR) is 102 cm³/mol. The molecule has 9 nitrogen and oxygen atoms in total. The number of ether oxygens (including phenoxy) is 1. The van der Waals surface area contributed by atoms with Gasteiger partial charge >= 0.3 is 6.09 Å². The lowest BCUT2D eigenvalue weighted by molar-refractivity contribution is 0.0229. The molecule has 0 aromatic carbocycles. The van der Waals surface area contributed by atoms with E-state index in [1.54, 1.807) is 32.9 Å². The molecule has 1 aromatic heterocycles. The minimum atomic E-state index is -3.74. The zero-order chi connectivity index (χ0) is 20.9. The van der Waals surface area contributed by atoms with Gasteiger partial charge in [-0.25, -0.2) is 4.79 Å². The van der Waals surface area contributed by atoms with Gasteiger partial charge in [0.1, 0.15) is 5.60 Å². The maximum absolute atomic E-state index is 12.6. The van der Waals surface area contributed by atoms with Crippen LogP contribution >= 0.6 is 0 Å². The Labute approximate surface area is 165 Å². The van der Waals surface area contributed by atoms with Crippen LogP contribution in [0.4, 0.5) is 4.79 Å². The number of aromatic nitrogens is 1. The summed E-state index contributed by atoms with van der Waals surface area (Å²) in [7, 11) is -3.74. The van der Waals surface area contributed by atoms with Crippen LogP contribution in [0.15, 0.2) is 24.5 Å². The Balaban J connectivity index is 2.21. The van der Waals surface area contributed by atoms with Gasteiger partial charge < -0.3 is 15.0 Å². The normalized spacial score (nSPS) is 20.9. The van der Waals surface area contributed by atoms with E-state index in [1.165, 1.54) is 17.3 Å². The molecule has 1 N–H and O–H groups in total. The minimum Gasteiger partial charge on any atom is -0.444 e. The van der Waals surface area contributed by atoms with Crippen molar-refractivity contribution >= 4 is 22.1 Å². The van der Waals surface area contributed by atoms with Crippen LogP contribution in [-0.4, -0.2) is 67.4 Å². The lowest BCUT2D eigenvalue weighted by atomic mass is 10.1. The summed E-state index contributed by atoms with van der Waals surface area (Å²) in [5.74, 6) is -0.402. The maximum Gasteiger partial charge on any atom is 0.410 e. The molecule has 156 valence electrons. The van der Waals surface area contributed by atoms with Gasteiger partial charge in [0, 0.05) is 31.0 Å². The highest BCUT2D eigenvalue weighted by molar-refractivity contribution is 7.86. The van der Waals surface area contributed by atoms with Crippen LogP contribution in [0, 0.1) is 0 Å². The first kappa shape index (κ1) is 22.1. The van der Waals surface area contributed by atoms with Crippen molar-refractivity contribution in [2.24, 2.45) is 0 Å². The Morgan fingerprint density at radius 3 is 2.46 bits per heavy atom. The summed E-state index contributed by atoms with van der Waals surface area (Å²) in [5, 5.41) is 2.79. The molecular weight excluding hydrogens is 386 g/mol. The third kappa shape index (κ3) is 7.08. The first-order chi connectivity index (χ1) is 12.9. The Morgan fingerprint density at radius 1 is 1.25 bits per heavy atom. The van der Waals surface area contributed by atoms with Gasteiger partial charge in [0.15, 0.2) is 0 Å². The van der Waals surface area contributed by atoms with Crippen LogP contribution in [0.3, 0.4) is 0 Å². The van der Waals surface area contributed by atoms with Crippen LogP contribution < -0.4 is 5.32 Å². The van der Waals surface area contributed by atoms with Crippen molar-refractivity contribution in [2.45, 2.75) is 51.4 Å². The van der Waals surface area contributed by atoms with E-state index in [2.05, 4.69) is 10.3 Å². The maximum atomic E-state index is 12.6. The largest absolute Gasteiger partial charge is 0.444 e. The molecule has 2 atom stereocenters. The van der Waals surface area contributed by atoms with E-state index in [-0.39, 0.29) is 6.54 Å². The van der Waals surface area contributed by atoms with Gasteiger partial charge in [-0.3, -0.25) is 14.0 Å². The number of nitrogens with zero attached hydrogens (tertiary/aromatic N) is 2. The SMILES string of the molecule is CC(C)(C)OC(=O)N1CCCC(OS(C)(=O)=O)C(NC(=O)c2ccncc2)C1. The average molecular weight is 413 g/mol. The number of pyridine rings is 1. The van der Waals surface area contributed by atoms with Crippen molar-refractivity contribution in [3.63, 3.8) is 0 Å². The second-order valence-electron chi connectivity index (χ2n) is 7.72. The molecule has 1 aliphatic rings. The number of amides is 2. The highest BCUT2D eigenvalue weighted by Gasteiger charge is 2.34. The van der Waals surface area contributed by atoms with Crippen LogP contribution in [-0.2, 0) is 19.0 Å². The molecule has 0 saturated carbocycles. The van der Waals surface area contributed by atoms with Crippen molar-refractivity contribution in [1.29, 1.82) is 0 Å². The van der Waals surface area contributed by atoms with E-state index < -0.39 is 39.9 Å². The van der Waals surface area contributed by atoms with Crippen molar-refractivity contribution in [2.75, 3.05) is 19.3 Å². The van der Waals surface area contributed by atoms with Gasteiger partial charge in [-0.15, -0.1) is 0 Å². The molecule has 2 unspecified atom stereocenters. The summed E-state index contributed by atoms with van der Waals surface area (Å²) in [6.45, 7) is 5.75. The number of carbonyl (C=O) groups is 2. The number of carbonyl (C=O) groups excluding carboxylic acids is 2. The molecular formula is C18H27N3O6S. The molecule has 2 rings (SSSR count). The van der Waals surface area contributed by atoms with Crippen LogP contribution in [0.2, 0.25) is 0 Å². The molecule has 1 aromatic rings. The summed E-state index contributed by atoms with van der Waals surface area (Å²) in [4.78, 5) is 30.4. The van der Waals surface area contributed by atoms with E-state index in [1.807, 2.05) is 0 Å². The zero-order valence-corrected chi connectivity index (χ0v) is 17.4. The second kappa shape index (κ2) is 8.87. The number of rotatable bonds is 4. The Morgan fingerprint density at radius 2 is 1.89 bits per heavy atom. The number of likely N-dealkylation sites (tertiary alicyclic amines) is 1. The first-order valence-electron chi connectivity index (χ1n) is 9.02. The Bertz CT molecular complexity index is 791. The summed E-state index contributed by atoms with van der Waals surface area (Å²) >= 11 is 0. The molecule has 1 saturated heterocycles. The van der Waals surface area contributed by atoms with Crippen molar-refractivity contribution in [3.8, 4) is 0 Å².